The Morgan fingerprint density at radius 2 is 2.00 bits per heavy atom. The number of nitrogens with one attached hydrogen (secondary N) is 1. The van der Waals surface area contributed by atoms with Crippen LogP contribution in [0, 0.1) is 5.82 Å². The van der Waals surface area contributed by atoms with E-state index in [1.165, 1.54) is 12.4 Å². The van der Waals surface area contributed by atoms with Gasteiger partial charge in [-0.05, 0) is 12.1 Å². The van der Waals surface area contributed by atoms with Crippen LogP contribution in [0.4, 0.5) is 17.6 Å². The van der Waals surface area contributed by atoms with Gasteiger partial charge in [0.1, 0.15) is 5.82 Å². The molecule has 0 atom stereocenters. The number of ketones is 1. The standard InChI is InChI=1S/C11H6F4N2O/c12-8-6(9(18)10-16-4-5-17-10)2-1-3-7(8)11(13,14)15/h1-5H,(H,16,17). The molecule has 0 aliphatic rings. The summed E-state index contributed by atoms with van der Waals surface area (Å²) in [5.74, 6) is -2.73. The Morgan fingerprint density at radius 3 is 2.56 bits per heavy atom. The summed E-state index contributed by atoms with van der Waals surface area (Å²) in [6.07, 6.45) is -2.28. The molecule has 18 heavy (non-hydrogen) atoms. The minimum Gasteiger partial charge on any atom is -0.342 e. The first-order chi connectivity index (χ1) is 8.41. The van der Waals surface area contributed by atoms with E-state index < -0.39 is 28.9 Å². The first-order valence-electron chi connectivity index (χ1n) is 4.81. The van der Waals surface area contributed by atoms with Crippen LogP contribution in [0.2, 0.25) is 0 Å². The van der Waals surface area contributed by atoms with Crippen LogP contribution in [-0.4, -0.2) is 15.8 Å². The third-order valence-electron chi connectivity index (χ3n) is 2.26. The first kappa shape index (κ1) is 12.3. The molecule has 0 radical (unpaired) electrons. The Bertz CT molecular complexity index is 575. The molecule has 1 aromatic carbocycles. The molecule has 0 aliphatic heterocycles. The highest BCUT2D eigenvalue weighted by Crippen LogP contribution is 2.32. The van der Waals surface area contributed by atoms with Crippen LogP contribution >= 0.6 is 0 Å². The molecule has 1 heterocycles. The quantitative estimate of drug-likeness (QED) is 0.665. The van der Waals surface area contributed by atoms with E-state index in [0.29, 0.717) is 6.07 Å². The van der Waals surface area contributed by atoms with Gasteiger partial charge in [0.2, 0.25) is 5.78 Å². The van der Waals surface area contributed by atoms with Crippen molar-refractivity contribution < 1.29 is 22.4 Å². The van der Waals surface area contributed by atoms with Gasteiger partial charge in [-0.15, -0.1) is 0 Å². The summed E-state index contributed by atoms with van der Waals surface area (Å²) in [5.41, 5.74) is -2.14. The predicted molar refractivity (Wildman–Crippen MR) is 53.4 cm³/mol. The van der Waals surface area contributed by atoms with Crippen LogP contribution in [0.3, 0.4) is 0 Å². The third-order valence-corrected chi connectivity index (χ3v) is 2.26. The van der Waals surface area contributed by atoms with Gasteiger partial charge in [-0.2, -0.15) is 13.2 Å². The van der Waals surface area contributed by atoms with E-state index in [2.05, 4.69) is 9.97 Å². The SMILES string of the molecule is O=C(c1ncc[nH]1)c1cccc(C(F)(F)F)c1F. The molecule has 94 valence electrons. The molecule has 0 unspecified atom stereocenters. The van der Waals surface area contributed by atoms with Crippen LogP contribution in [-0.2, 0) is 6.18 Å². The minimum atomic E-state index is -4.84. The minimum absolute atomic E-state index is 0.215. The van der Waals surface area contributed by atoms with E-state index in [1.807, 2.05) is 0 Å². The molecule has 0 saturated heterocycles. The van der Waals surface area contributed by atoms with Gasteiger partial charge in [0.05, 0.1) is 11.1 Å². The number of carbonyl (C=O) groups excluding carboxylic acids is 1. The van der Waals surface area contributed by atoms with Crippen molar-refractivity contribution in [1.29, 1.82) is 0 Å². The molecule has 0 fully saturated rings. The summed E-state index contributed by atoms with van der Waals surface area (Å²) in [6, 6.07) is 2.53. The largest absolute Gasteiger partial charge is 0.419 e. The molecular weight excluding hydrogens is 252 g/mol. The molecule has 0 amide bonds. The van der Waals surface area contributed by atoms with Crippen molar-refractivity contribution in [2.75, 3.05) is 0 Å². The third kappa shape index (κ3) is 2.11. The van der Waals surface area contributed by atoms with Crippen molar-refractivity contribution >= 4 is 5.78 Å². The van der Waals surface area contributed by atoms with Crippen molar-refractivity contribution in [3.05, 3.63) is 53.4 Å². The summed E-state index contributed by atoms with van der Waals surface area (Å²) < 4.78 is 51.0. The Kier molecular flexibility index (Phi) is 2.90. The Balaban J connectivity index is 2.50. The zero-order valence-electron chi connectivity index (χ0n) is 8.75. The fraction of sp³-hybridized carbons (Fsp3) is 0.0909. The van der Waals surface area contributed by atoms with Gasteiger partial charge < -0.3 is 4.98 Å². The molecule has 3 nitrogen and oxygen atoms in total. The molecule has 0 saturated carbocycles. The van der Waals surface area contributed by atoms with E-state index in [-0.39, 0.29) is 5.82 Å². The van der Waals surface area contributed by atoms with Gasteiger partial charge in [0.15, 0.2) is 5.82 Å². The summed E-state index contributed by atoms with van der Waals surface area (Å²) >= 11 is 0. The molecular formula is C11H6F4N2O. The zero-order valence-corrected chi connectivity index (χ0v) is 8.75. The number of halogens is 4. The molecule has 0 bridgehead atoms. The van der Waals surface area contributed by atoms with E-state index in [9.17, 15) is 22.4 Å². The second kappa shape index (κ2) is 4.25. The number of aromatic nitrogens is 2. The predicted octanol–water partition coefficient (Wildman–Crippen LogP) is 2.80. The number of alkyl halides is 3. The average Bonchev–Trinajstić information content (AvgIpc) is 2.80. The second-order valence-corrected chi connectivity index (χ2v) is 3.43. The van der Waals surface area contributed by atoms with Crippen LogP contribution in [0.15, 0.2) is 30.6 Å². The molecule has 0 spiro atoms. The lowest BCUT2D eigenvalue weighted by Gasteiger charge is -2.09. The van der Waals surface area contributed by atoms with Gasteiger partial charge in [-0.1, -0.05) is 6.07 Å². The van der Waals surface area contributed by atoms with Crippen molar-refractivity contribution in [2.24, 2.45) is 0 Å². The van der Waals surface area contributed by atoms with Crippen molar-refractivity contribution in [3.63, 3.8) is 0 Å². The lowest BCUT2D eigenvalue weighted by atomic mass is 10.1. The highest BCUT2D eigenvalue weighted by molar-refractivity contribution is 6.06. The molecule has 1 N–H and O–H groups in total. The van der Waals surface area contributed by atoms with Gasteiger partial charge >= 0.3 is 6.18 Å². The lowest BCUT2D eigenvalue weighted by Crippen LogP contribution is -2.13. The highest BCUT2D eigenvalue weighted by atomic mass is 19.4. The normalized spacial score (nSPS) is 11.6. The molecule has 0 aliphatic carbocycles. The number of nitrogens with zero attached hydrogens (tertiary/aromatic N) is 1. The van der Waals surface area contributed by atoms with Crippen LogP contribution in [0.5, 0.6) is 0 Å². The van der Waals surface area contributed by atoms with E-state index in [1.54, 1.807) is 0 Å². The Morgan fingerprint density at radius 1 is 1.28 bits per heavy atom. The maximum Gasteiger partial charge on any atom is 0.419 e. The number of hydrogen-bond donors (Lipinski definition) is 1. The van der Waals surface area contributed by atoms with E-state index in [0.717, 1.165) is 12.1 Å². The number of aromatic amines is 1. The monoisotopic (exact) mass is 258 g/mol. The van der Waals surface area contributed by atoms with E-state index in [4.69, 9.17) is 0 Å². The van der Waals surface area contributed by atoms with Gasteiger partial charge in [0.25, 0.3) is 0 Å². The van der Waals surface area contributed by atoms with Crippen LogP contribution < -0.4 is 0 Å². The Hall–Kier alpha value is -2.18. The van der Waals surface area contributed by atoms with E-state index >= 15 is 0 Å². The topological polar surface area (TPSA) is 45.8 Å². The number of rotatable bonds is 2. The van der Waals surface area contributed by atoms with Gasteiger partial charge in [0, 0.05) is 12.4 Å². The van der Waals surface area contributed by atoms with Gasteiger partial charge in [-0.25, -0.2) is 9.37 Å². The number of H-pyrrole nitrogens is 1. The molecule has 2 aromatic rings. The maximum absolute atomic E-state index is 13.6. The van der Waals surface area contributed by atoms with Crippen LogP contribution in [0.1, 0.15) is 21.7 Å². The summed E-state index contributed by atoms with van der Waals surface area (Å²) in [4.78, 5) is 17.7. The summed E-state index contributed by atoms with van der Waals surface area (Å²) in [7, 11) is 0. The number of carbonyl (C=O) groups is 1. The summed E-state index contributed by atoms with van der Waals surface area (Å²) in [6.45, 7) is 0. The van der Waals surface area contributed by atoms with Crippen molar-refractivity contribution in [1.82, 2.24) is 9.97 Å². The number of benzene rings is 1. The Labute approximate surface area is 98.5 Å². The molecule has 7 heteroatoms. The van der Waals surface area contributed by atoms with Crippen molar-refractivity contribution in [3.8, 4) is 0 Å². The fourth-order valence-electron chi connectivity index (χ4n) is 1.44. The summed E-state index contributed by atoms with van der Waals surface area (Å²) in [5, 5.41) is 0. The maximum atomic E-state index is 13.6. The number of hydrogen-bond acceptors (Lipinski definition) is 2. The fourth-order valence-corrected chi connectivity index (χ4v) is 1.44. The van der Waals surface area contributed by atoms with Gasteiger partial charge in [-0.3, -0.25) is 4.79 Å². The smallest absolute Gasteiger partial charge is 0.342 e. The van der Waals surface area contributed by atoms with Crippen molar-refractivity contribution in [2.45, 2.75) is 6.18 Å². The lowest BCUT2D eigenvalue weighted by molar-refractivity contribution is -0.140. The average molecular weight is 258 g/mol. The first-order valence-corrected chi connectivity index (χ1v) is 4.81. The molecule has 1 aromatic heterocycles. The highest BCUT2D eigenvalue weighted by Gasteiger charge is 2.35. The van der Waals surface area contributed by atoms with Crippen LogP contribution in [0.25, 0.3) is 0 Å². The molecule has 2 rings (SSSR count). The second-order valence-electron chi connectivity index (χ2n) is 3.43. The zero-order chi connectivity index (χ0) is 13.3. The number of imidazole rings is 1.